The van der Waals surface area contributed by atoms with Gasteiger partial charge in [-0.15, -0.1) is 11.3 Å². The van der Waals surface area contributed by atoms with Gasteiger partial charge in [0.2, 0.25) is 0 Å². The van der Waals surface area contributed by atoms with E-state index in [0.29, 0.717) is 25.5 Å². The molecule has 0 bridgehead atoms. The summed E-state index contributed by atoms with van der Waals surface area (Å²) in [5, 5.41) is 11.4. The van der Waals surface area contributed by atoms with E-state index in [1.54, 1.807) is 11.3 Å². The monoisotopic (exact) mass is 455 g/mol. The molecule has 172 valence electrons. The van der Waals surface area contributed by atoms with Gasteiger partial charge in [0.1, 0.15) is 10.7 Å². The molecule has 1 atom stereocenters. The number of aliphatic hydroxyl groups is 1. The third-order valence-corrected chi connectivity index (χ3v) is 6.86. The maximum atomic E-state index is 12.9. The average molecular weight is 456 g/mol. The van der Waals surface area contributed by atoms with E-state index in [1.165, 1.54) is 16.9 Å². The number of thiophene rings is 1. The number of aromatic amines is 1. The zero-order chi connectivity index (χ0) is 22.7. The summed E-state index contributed by atoms with van der Waals surface area (Å²) in [6.07, 6.45) is 3.70. The minimum Gasteiger partial charge on any atom is -0.389 e. The molecule has 32 heavy (non-hydrogen) atoms. The fraction of sp³-hybridized carbons (Fsp3) is 0.520. The summed E-state index contributed by atoms with van der Waals surface area (Å²) >= 11 is 1.66. The molecule has 0 amide bonds. The maximum Gasteiger partial charge on any atom is 0.259 e. The van der Waals surface area contributed by atoms with Crippen molar-refractivity contribution in [3.05, 3.63) is 62.5 Å². The molecule has 0 spiro atoms. The summed E-state index contributed by atoms with van der Waals surface area (Å²) in [5.41, 5.74) is 2.00. The lowest BCUT2D eigenvalue weighted by Gasteiger charge is -2.27. The van der Waals surface area contributed by atoms with Gasteiger partial charge in [-0.25, -0.2) is 4.98 Å². The third kappa shape index (κ3) is 5.84. The van der Waals surface area contributed by atoms with Gasteiger partial charge in [-0.1, -0.05) is 30.3 Å². The van der Waals surface area contributed by atoms with Crippen LogP contribution in [0.3, 0.4) is 0 Å². The molecule has 3 aromatic rings. The molecule has 1 aliphatic carbocycles. The number of nitrogens with zero attached hydrogens (tertiary/aromatic N) is 2. The summed E-state index contributed by atoms with van der Waals surface area (Å²) in [7, 11) is 0. The van der Waals surface area contributed by atoms with Crippen LogP contribution in [0.1, 0.15) is 55.4 Å². The molecule has 6 nitrogen and oxygen atoms in total. The first-order valence-electron chi connectivity index (χ1n) is 11.4. The van der Waals surface area contributed by atoms with Crippen LogP contribution >= 0.6 is 11.3 Å². The minimum atomic E-state index is -0.637. The van der Waals surface area contributed by atoms with E-state index >= 15 is 0 Å². The average Bonchev–Trinajstić information content (AvgIpc) is 3.11. The Balaban J connectivity index is 1.55. The van der Waals surface area contributed by atoms with Gasteiger partial charge in [0.05, 0.1) is 30.2 Å². The van der Waals surface area contributed by atoms with Crippen molar-refractivity contribution in [1.82, 2.24) is 14.9 Å². The van der Waals surface area contributed by atoms with Crippen LogP contribution in [0, 0.1) is 0 Å². The number of H-pyrrole nitrogens is 1. The van der Waals surface area contributed by atoms with E-state index in [2.05, 4.69) is 22.0 Å². The SMILES string of the molecule is CC(C)(C)OC[C@H](O)CN(Cc1ccccc1)Cc1nc2sc3c(c2c(=O)[nH]1)CCCC3. The van der Waals surface area contributed by atoms with Crippen LogP contribution in [0.5, 0.6) is 0 Å². The maximum absolute atomic E-state index is 12.9. The number of fused-ring (bicyclic) bond motifs is 3. The molecule has 1 aromatic carbocycles. The van der Waals surface area contributed by atoms with Gasteiger partial charge in [0.25, 0.3) is 5.56 Å². The molecule has 0 unspecified atom stereocenters. The number of ether oxygens (including phenoxy) is 1. The molecular formula is C25H33N3O3S. The molecular weight excluding hydrogens is 422 g/mol. The molecule has 0 aliphatic heterocycles. The molecule has 1 aliphatic rings. The Bertz CT molecular complexity index is 1100. The molecule has 0 radical (unpaired) electrons. The van der Waals surface area contributed by atoms with Crippen molar-refractivity contribution < 1.29 is 9.84 Å². The van der Waals surface area contributed by atoms with Gasteiger partial charge >= 0.3 is 0 Å². The van der Waals surface area contributed by atoms with Crippen molar-refractivity contribution in [3.8, 4) is 0 Å². The predicted molar refractivity (Wildman–Crippen MR) is 129 cm³/mol. The minimum absolute atomic E-state index is 0.0410. The number of aryl methyl sites for hydroxylation is 2. The van der Waals surface area contributed by atoms with Crippen molar-refractivity contribution in [1.29, 1.82) is 0 Å². The van der Waals surface area contributed by atoms with E-state index in [9.17, 15) is 9.90 Å². The number of benzene rings is 1. The number of rotatable bonds is 8. The summed E-state index contributed by atoms with van der Waals surface area (Å²) in [6.45, 7) is 7.72. The second-order valence-corrected chi connectivity index (χ2v) is 10.7. The van der Waals surface area contributed by atoms with Crippen LogP contribution in [0.2, 0.25) is 0 Å². The van der Waals surface area contributed by atoms with E-state index < -0.39 is 6.10 Å². The van der Waals surface area contributed by atoms with Crippen molar-refractivity contribution in [2.75, 3.05) is 13.2 Å². The summed E-state index contributed by atoms with van der Waals surface area (Å²) in [4.78, 5) is 25.0. The van der Waals surface area contributed by atoms with Gasteiger partial charge in [0.15, 0.2) is 0 Å². The normalized spacial score (nSPS) is 15.3. The number of nitrogens with one attached hydrogen (secondary N) is 1. The highest BCUT2D eigenvalue weighted by Gasteiger charge is 2.21. The third-order valence-electron chi connectivity index (χ3n) is 5.67. The van der Waals surface area contributed by atoms with Crippen LogP contribution in [0.15, 0.2) is 35.1 Å². The lowest BCUT2D eigenvalue weighted by Crippen LogP contribution is -2.37. The van der Waals surface area contributed by atoms with Crippen molar-refractivity contribution in [2.45, 2.75) is 71.2 Å². The largest absolute Gasteiger partial charge is 0.389 e. The van der Waals surface area contributed by atoms with Crippen LogP contribution in [0.25, 0.3) is 10.2 Å². The van der Waals surface area contributed by atoms with Gasteiger partial charge in [0, 0.05) is 18.0 Å². The van der Waals surface area contributed by atoms with Gasteiger partial charge in [-0.05, 0) is 57.6 Å². The lowest BCUT2D eigenvalue weighted by molar-refractivity contribution is -0.0574. The molecule has 2 heterocycles. The Morgan fingerprint density at radius 2 is 1.94 bits per heavy atom. The van der Waals surface area contributed by atoms with E-state index in [0.717, 1.165) is 35.0 Å². The van der Waals surface area contributed by atoms with Gasteiger partial charge < -0.3 is 14.8 Å². The Hall–Kier alpha value is -2.06. The number of aromatic nitrogens is 2. The smallest absolute Gasteiger partial charge is 0.259 e. The Kier molecular flexibility index (Phi) is 7.10. The van der Waals surface area contributed by atoms with Gasteiger partial charge in [-0.3, -0.25) is 9.69 Å². The van der Waals surface area contributed by atoms with Crippen LogP contribution in [0.4, 0.5) is 0 Å². The quantitative estimate of drug-likeness (QED) is 0.536. The Morgan fingerprint density at radius 1 is 1.19 bits per heavy atom. The number of hydrogen-bond acceptors (Lipinski definition) is 6. The first kappa shape index (κ1) is 23.1. The fourth-order valence-electron chi connectivity index (χ4n) is 4.22. The second-order valence-electron chi connectivity index (χ2n) is 9.64. The van der Waals surface area contributed by atoms with E-state index in [-0.39, 0.29) is 17.8 Å². The second kappa shape index (κ2) is 9.83. The first-order valence-corrected chi connectivity index (χ1v) is 12.2. The zero-order valence-corrected chi connectivity index (χ0v) is 20.0. The van der Waals surface area contributed by atoms with Crippen LogP contribution < -0.4 is 5.56 Å². The topological polar surface area (TPSA) is 78.5 Å². The molecule has 2 aromatic heterocycles. The van der Waals surface area contributed by atoms with Crippen molar-refractivity contribution in [3.63, 3.8) is 0 Å². The molecule has 0 saturated carbocycles. The highest BCUT2D eigenvalue weighted by molar-refractivity contribution is 7.18. The predicted octanol–water partition coefficient (Wildman–Crippen LogP) is 4.04. The van der Waals surface area contributed by atoms with Crippen LogP contribution in [-0.2, 0) is 30.7 Å². The van der Waals surface area contributed by atoms with E-state index in [1.807, 2.05) is 39.0 Å². The zero-order valence-electron chi connectivity index (χ0n) is 19.2. The summed E-state index contributed by atoms with van der Waals surface area (Å²) in [6, 6.07) is 10.1. The highest BCUT2D eigenvalue weighted by atomic mass is 32.1. The molecule has 7 heteroatoms. The van der Waals surface area contributed by atoms with Crippen molar-refractivity contribution in [2.24, 2.45) is 0 Å². The number of aliphatic hydroxyl groups excluding tert-OH is 1. The standard InChI is InChI=1S/C25H33N3O3S/c1-25(2,3)31-16-18(29)14-28(13-17-9-5-4-6-10-17)15-21-26-23(30)22-19-11-7-8-12-20(19)32-24(22)27-21/h4-6,9-10,18,29H,7-8,11-16H2,1-3H3,(H,26,27,30)/t18-/m1/s1. The van der Waals surface area contributed by atoms with Crippen LogP contribution in [-0.4, -0.2) is 44.8 Å². The molecule has 2 N–H and O–H groups in total. The van der Waals surface area contributed by atoms with Crippen molar-refractivity contribution >= 4 is 21.6 Å². The Labute approximate surface area is 193 Å². The molecule has 4 rings (SSSR count). The highest BCUT2D eigenvalue weighted by Crippen LogP contribution is 2.33. The molecule has 0 fully saturated rings. The van der Waals surface area contributed by atoms with Gasteiger partial charge in [-0.2, -0.15) is 0 Å². The fourth-order valence-corrected chi connectivity index (χ4v) is 5.50. The van der Waals surface area contributed by atoms with E-state index in [4.69, 9.17) is 9.72 Å². The number of hydrogen-bond donors (Lipinski definition) is 2. The Morgan fingerprint density at radius 3 is 2.69 bits per heavy atom. The summed E-state index contributed by atoms with van der Waals surface area (Å²) < 4.78 is 5.77. The lowest BCUT2D eigenvalue weighted by atomic mass is 9.97. The molecule has 0 saturated heterocycles. The summed E-state index contributed by atoms with van der Waals surface area (Å²) in [5.74, 6) is 0.640. The first-order chi connectivity index (χ1) is 15.3.